The van der Waals surface area contributed by atoms with Crippen molar-refractivity contribution in [3.63, 3.8) is 0 Å². The van der Waals surface area contributed by atoms with E-state index in [1.807, 2.05) is 30.3 Å². The summed E-state index contributed by atoms with van der Waals surface area (Å²) in [6, 6.07) is 12.3. The van der Waals surface area contributed by atoms with Gasteiger partial charge in [0, 0.05) is 11.1 Å². The smallest absolute Gasteiger partial charge is 0.158 e. The van der Waals surface area contributed by atoms with Crippen molar-refractivity contribution in [2.75, 3.05) is 0 Å². The summed E-state index contributed by atoms with van der Waals surface area (Å²) in [6.45, 7) is 0. The molecule has 1 aliphatic carbocycles. The Morgan fingerprint density at radius 2 is 1.83 bits per heavy atom. The molecule has 0 saturated heterocycles. The average Bonchev–Trinajstić information content (AvgIpc) is 2.79. The van der Waals surface area contributed by atoms with Gasteiger partial charge < -0.3 is 11.1 Å². The van der Waals surface area contributed by atoms with E-state index in [4.69, 9.17) is 11.0 Å². The first kappa shape index (κ1) is 19.4. The van der Waals surface area contributed by atoms with Crippen LogP contribution in [-0.2, 0) is 0 Å². The van der Waals surface area contributed by atoms with Gasteiger partial charge in [0.1, 0.15) is 47.8 Å². The Labute approximate surface area is 171 Å². The lowest BCUT2D eigenvalue weighted by Crippen LogP contribution is -2.36. The van der Waals surface area contributed by atoms with Crippen molar-refractivity contribution in [2.45, 2.75) is 12.5 Å². The molecule has 0 bridgehead atoms. The molecule has 1 unspecified atom stereocenters. The summed E-state index contributed by atoms with van der Waals surface area (Å²) in [5, 5.41) is 58.8. The molecule has 0 saturated carbocycles. The molecule has 3 N–H and O–H groups in total. The van der Waals surface area contributed by atoms with Crippen molar-refractivity contribution in [2.24, 2.45) is 5.73 Å². The first-order valence-electron chi connectivity index (χ1n) is 8.40. The summed E-state index contributed by atoms with van der Waals surface area (Å²) in [6.07, 6.45) is 3.23. The SMILES string of the molecule is N#CC1=C(C#N)NC2C/C(=C\C(C#N)=C(/N)C#N)c3cc(C#N)c(C#N)nc3C2=C1. The van der Waals surface area contributed by atoms with Gasteiger partial charge in [-0.3, -0.25) is 0 Å². The maximum absolute atomic E-state index is 9.37. The molecule has 0 amide bonds. The van der Waals surface area contributed by atoms with Crippen LogP contribution in [0.4, 0.5) is 0 Å². The van der Waals surface area contributed by atoms with Crippen molar-refractivity contribution < 1.29 is 0 Å². The van der Waals surface area contributed by atoms with Crippen molar-refractivity contribution in [1.29, 1.82) is 31.6 Å². The zero-order valence-corrected chi connectivity index (χ0v) is 15.2. The fourth-order valence-corrected chi connectivity index (χ4v) is 3.25. The molecule has 1 atom stereocenters. The van der Waals surface area contributed by atoms with Crippen LogP contribution in [0.1, 0.15) is 28.9 Å². The molecule has 9 nitrogen and oxygen atoms in total. The lowest BCUT2D eigenvalue weighted by Gasteiger charge is -2.33. The minimum Gasteiger partial charge on any atom is -0.389 e. The third kappa shape index (κ3) is 3.09. The molecule has 2 aliphatic rings. The Balaban J connectivity index is 2.36. The minimum atomic E-state index is -0.467. The third-order valence-electron chi connectivity index (χ3n) is 4.64. The zero-order chi connectivity index (χ0) is 21.8. The number of dihydropyridines is 1. The van der Waals surface area contributed by atoms with E-state index < -0.39 is 6.04 Å². The van der Waals surface area contributed by atoms with Crippen molar-refractivity contribution in [1.82, 2.24) is 10.3 Å². The Hall–Kier alpha value is -5.35. The zero-order valence-electron chi connectivity index (χ0n) is 15.2. The molecule has 0 aromatic carbocycles. The maximum Gasteiger partial charge on any atom is 0.158 e. The van der Waals surface area contributed by atoms with E-state index in [9.17, 15) is 26.3 Å². The van der Waals surface area contributed by atoms with E-state index in [2.05, 4.69) is 10.3 Å². The molecular weight excluding hydrogens is 378 g/mol. The fraction of sp³-hybridized carbons (Fsp3) is 0.0952. The quantitative estimate of drug-likeness (QED) is 0.671. The van der Waals surface area contributed by atoms with Crippen molar-refractivity contribution >= 4 is 11.1 Å². The van der Waals surface area contributed by atoms with Crippen molar-refractivity contribution in [3.05, 3.63) is 63.3 Å². The summed E-state index contributed by atoms with van der Waals surface area (Å²) < 4.78 is 0. The number of pyridine rings is 1. The summed E-state index contributed by atoms with van der Waals surface area (Å²) in [5.41, 5.74) is 7.41. The highest BCUT2D eigenvalue weighted by atomic mass is 15.0. The van der Waals surface area contributed by atoms with Gasteiger partial charge in [-0.05, 0) is 30.2 Å². The fourth-order valence-electron chi connectivity index (χ4n) is 3.25. The Morgan fingerprint density at radius 1 is 1.07 bits per heavy atom. The van der Waals surface area contributed by atoms with Crippen LogP contribution in [0, 0.1) is 68.0 Å². The molecule has 3 rings (SSSR count). The molecule has 1 aromatic rings. The average molecular weight is 387 g/mol. The van der Waals surface area contributed by atoms with Gasteiger partial charge in [0.25, 0.3) is 0 Å². The number of nitrogens with one attached hydrogen (secondary N) is 1. The summed E-state index contributed by atoms with van der Waals surface area (Å²) in [5.74, 6) is 0. The Kier molecular flexibility index (Phi) is 4.99. The topological polar surface area (TPSA) is 194 Å². The van der Waals surface area contributed by atoms with Crippen molar-refractivity contribution in [3.8, 4) is 36.4 Å². The second-order valence-electron chi connectivity index (χ2n) is 6.24. The van der Waals surface area contributed by atoms with Gasteiger partial charge in [0.05, 0.1) is 28.4 Å². The monoisotopic (exact) mass is 387 g/mol. The van der Waals surface area contributed by atoms with Crippen LogP contribution >= 0.6 is 0 Å². The Bertz CT molecular complexity index is 1360. The van der Waals surface area contributed by atoms with Crippen LogP contribution < -0.4 is 11.1 Å². The van der Waals surface area contributed by atoms with E-state index in [1.54, 1.807) is 6.07 Å². The molecule has 1 aliphatic heterocycles. The number of hydrogen-bond donors (Lipinski definition) is 2. The number of fused-ring (bicyclic) bond motifs is 3. The van der Waals surface area contributed by atoms with Gasteiger partial charge in [0.2, 0.25) is 0 Å². The molecule has 2 heterocycles. The number of allylic oxidation sites excluding steroid dienone is 6. The third-order valence-corrected chi connectivity index (χ3v) is 4.64. The highest BCUT2D eigenvalue weighted by molar-refractivity contribution is 5.89. The minimum absolute atomic E-state index is 0.0504. The van der Waals surface area contributed by atoms with Gasteiger partial charge in [-0.15, -0.1) is 0 Å². The highest BCUT2D eigenvalue weighted by Crippen LogP contribution is 2.41. The normalized spacial score (nSPS) is 18.4. The molecule has 0 spiro atoms. The molecule has 9 heteroatoms. The number of nitriles is 6. The first-order valence-corrected chi connectivity index (χ1v) is 8.40. The van der Waals surface area contributed by atoms with Gasteiger partial charge in [-0.2, -0.15) is 31.6 Å². The predicted octanol–water partition coefficient (Wildman–Crippen LogP) is 1.53. The molecule has 0 fully saturated rings. The largest absolute Gasteiger partial charge is 0.389 e. The van der Waals surface area contributed by atoms with Gasteiger partial charge >= 0.3 is 0 Å². The lowest BCUT2D eigenvalue weighted by atomic mass is 9.79. The predicted molar refractivity (Wildman–Crippen MR) is 102 cm³/mol. The summed E-state index contributed by atoms with van der Waals surface area (Å²) >= 11 is 0. The van der Waals surface area contributed by atoms with E-state index in [0.717, 1.165) is 0 Å². The van der Waals surface area contributed by atoms with E-state index >= 15 is 0 Å². The molecular formula is C21H9N9. The number of hydrogen-bond acceptors (Lipinski definition) is 9. The first-order chi connectivity index (χ1) is 14.5. The van der Waals surface area contributed by atoms with Crippen LogP contribution in [-0.4, -0.2) is 11.0 Å². The summed E-state index contributed by atoms with van der Waals surface area (Å²) in [7, 11) is 0. The van der Waals surface area contributed by atoms with E-state index in [1.165, 1.54) is 18.2 Å². The van der Waals surface area contributed by atoms with Crippen LogP contribution in [0.5, 0.6) is 0 Å². The number of nitrogens with zero attached hydrogens (tertiary/aromatic N) is 7. The Morgan fingerprint density at radius 3 is 2.40 bits per heavy atom. The molecule has 0 radical (unpaired) electrons. The highest BCUT2D eigenvalue weighted by Gasteiger charge is 2.33. The number of nitrogens with two attached hydrogens (primary N) is 1. The molecule has 1 aromatic heterocycles. The van der Waals surface area contributed by atoms with Crippen LogP contribution in [0.25, 0.3) is 11.1 Å². The lowest BCUT2D eigenvalue weighted by molar-refractivity contribution is 0.691. The second kappa shape index (κ2) is 7.72. The van der Waals surface area contributed by atoms with E-state index in [0.29, 0.717) is 22.4 Å². The maximum atomic E-state index is 9.37. The van der Waals surface area contributed by atoms with Crippen LogP contribution in [0.2, 0.25) is 0 Å². The van der Waals surface area contributed by atoms with Gasteiger partial charge in [-0.1, -0.05) is 0 Å². The van der Waals surface area contributed by atoms with Gasteiger partial charge in [0.15, 0.2) is 5.69 Å². The number of rotatable bonds is 1. The van der Waals surface area contributed by atoms with E-state index in [-0.39, 0.29) is 40.2 Å². The molecule has 30 heavy (non-hydrogen) atoms. The summed E-state index contributed by atoms with van der Waals surface area (Å²) in [4.78, 5) is 4.31. The number of aromatic nitrogens is 1. The van der Waals surface area contributed by atoms with Crippen LogP contribution in [0.3, 0.4) is 0 Å². The van der Waals surface area contributed by atoms with Gasteiger partial charge in [-0.25, -0.2) is 4.98 Å². The second-order valence-corrected chi connectivity index (χ2v) is 6.24. The van der Waals surface area contributed by atoms with Crippen LogP contribution in [0.15, 0.2) is 40.8 Å². The standard InChI is InChI=1S/C21H9N9/c22-5-12(17(28)8-25)1-11-4-18-16(3-14(7-24)19(9-26)29-18)21-15(11)2-13(6-23)20(10-27)30-21/h1-3,18,29H,4,28H2/b11-1+,17-12+. The molecule has 138 valence electrons.